The Kier molecular flexibility index (Phi) is 4.34. The first-order chi connectivity index (χ1) is 8.97. The van der Waals surface area contributed by atoms with E-state index in [-0.39, 0.29) is 5.82 Å². The molecule has 1 aromatic heterocycles. The third kappa shape index (κ3) is 3.86. The third-order valence-electron chi connectivity index (χ3n) is 2.60. The Labute approximate surface area is 116 Å². The molecule has 1 N–H and O–H groups in total. The smallest absolute Gasteiger partial charge is 0.210 e. The van der Waals surface area contributed by atoms with Crippen molar-refractivity contribution in [3.05, 3.63) is 52.7 Å². The molecule has 2 aromatic rings. The summed E-state index contributed by atoms with van der Waals surface area (Å²) in [6, 6.07) is 9.41. The molecule has 0 amide bonds. The van der Waals surface area contributed by atoms with E-state index in [0.29, 0.717) is 17.2 Å². The summed E-state index contributed by atoms with van der Waals surface area (Å²) in [6.07, 6.45) is 0.532. The number of aryl methyl sites for hydroxylation is 1. The van der Waals surface area contributed by atoms with Crippen LogP contribution >= 0.6 is 11.3 Å². The summed E-state index contributed by atoms with van der Waals surface area (Å²) in [5, 5.41) is 0. The molecule has 0 saturated heterocycles. The Hall–Kier alpha value is -1.24. The molecule has 0 fully saturated rings. The van der Waals surface area contributed by atoms with Gasteiger partial charge in [-0.05, 0) is 43.2 Å². The molecule has 0 aliphatic carbocycles. The van der Waals surface area contributed by atoms with Crippen LogP contribution in [0.2, 0.25) is 0 Å². The fourth-order valence-corrected chi connectivity index (χ4v) is 3.97. The number of benzene rings is 1. The highest BCUT2D eigenvalue weighted by Gasteiger charge is 2.15. The van der Waals surface area contributed by atoms with Gasteiger partial charge in [-0.3, -0.25) is 0 Å². The maximum atomic E-state index is 12.7. The van der Waals surface area contributed by atoms with Crippen molar-refractivity contribution in [2.75, 3.05) is 6.54 Å². The quantitative estimate of drug-likeness (QED) is 0.922. The van der Waals surface area contributed by atoms with E-state index in [4.69, 9.17) is 0 Å². The van der Waals surface area contributed by atoms with Gasteiger partial charge in [0.15, 0.2) is 0 Å². The molecule has 6 heteroatoms. The van der Waals surface area contributed by atoms with Crippen LogP contribution in [0.25, 0.3) is 0 Å². The molecule has 0 saturated carbocycles. The maximum absolute atomic E-state index is 12.7. The largest absolute Gasteiger partial charge is 0.250 e. The number of sulfonamides is 1. The van der Waals surface area contributed by atoms with E-state index in [1.807, 2.05) is 6.92 Å². The lowest BCUT2D eigenvalue weighted by atomic mass is 10.1. The summed E-state index contributed by atoms with van der Waals surface area (Å²) < 4.78 is 39.4. The van der Waals surface area contributed by atoms with E-state index in [9.17, 15) is 12.8 Å². The van der Waals surface area contributed by atoms with Crippen molar-refractivity contribution in [3.8, 4) is 0 Å². The zero-order valence-electron chi connectivity index (χ0n) is 10.4. The topological polar surface area (TPSA) is 46.2 Å². The van der Waals surface area contributed by atoms with E-state index in [2.05, 4.69) is 4.72 Å². The minimum absolute atomic E-state index is 0.293. The van der Waals surface area contributed by atoms with Gasteiger partial charge in [-0.25, -0.2) is 17.5 Å². The second-order valence-corrected chi connectivity index (χ2v) is 7.42. The molecule has 1 heterocycles. The molecule has 0 aliphatic rings. The number of hydrogen-bond donors (Lipinski definition) is 1. The zero-order valence-corrected chi connectivity index (χ0v) is 12.0. The van der Waals surface area contributed by atoms with Gasteiger partial charge in [-0.2, -0.15) is 0 Å². The zero-order chi connectivity index (χ0) is 13.9. The molecular formula is C13H14FNO2S2. The van der Waals surface area contributed by atoms with Crippen molar-refractivity contribution < 1.29 is 12.8 Å². The van der Waals surface area contributed by atoms with Gasteiger partial charge >= 0.3 is 0 Å². The van der Waals surface area contributed by atoms with Gasteiger partial charge in [0.1, 0.15) is 10.0 Å². The molecule has 3 nitrogen and oxygen atoms in total. The molecule has 2 rings (SSSR count). The van der Waals surface area contributed by atoms with Gasteiger partial charge in [-0.1, -0.05) is 12.1 Å². The normalized spacial score (nSPS) is 11.7. The first-order valence-electron chi connectivity index (χ1n) is 5.78. The summed E-state index contributed by atoms with van der Waals surface area (Å²) in [5.41, 5.74) is 0.895. The van der Waals surface area contributed by atoms with Crippen LogP contribution in [0, 0.1) is 12.7 Å². The minimum Gasteiger partial charge on any atom is -0.210 e. The van der Waals surface area contributed by atoms with Crippen LogP contribution in [-0.2, 0) is 16.4 Å². The van der Waals surface area contributed by atoms with Gasteiger partial charge in [0, 0.05) is 11.4 Å². The Morgan fingerprint density at radius 2 is 1.84 bits per heavy atom. The van der Waals surface area contributed by atoms with Gasteiger partial charge in [0.25, 0.3) is 0 Å². The highest BCUT2D eigenvalue weighted by Crippen LogP contribution is 2.20. The summed E-state index contributed by atoms with van der Waals surface area (Å²) in [5.74, 6) is -0.293. The molecule has 0 unspecified atom stereocenters. The van der Waals surface area contributed by atoms with Crippen LogP contribution in [-0.4, -0.2) is 15.0 Å². The van der Waals surface area contributed by atoms with Gasteiger partial charge < -0.3 is 0 Å². The highest BCUT2D eigenvalue weighted by atomic mass is 32.2. The second-order valence-electron chi connectivity index (χ2n) is 4.14. The van der Waals surface area contributed by atoms with E-state index in [1.54, 1.807) is 24.3 Å². The number of halogens is 1. The first kappa shape index (κ1) is 14.2. The fourth-order valence-electron chi connectivity index (χ4n) is 1.61. The van der Waals surface area contributed by atoms with Crippen molar-refractivity contribution >= 4 is 21.4 Å². The van der Waals surface area contributed by atoms with E-state index in [1.165, 1.54) is 23.5 Å². The van der Waals surface area contributed by atoms with Crippen LogP contribution < -0.4 is 4.72 Å². The summed E-state index contributed by atoms with van der Waals surface area (Å²) >= 11 is 1.24. The lowest BCUT2D eigenvalue weighted by molar-refractivity contribution is 0.583. The number of nitrogens with one attached hydrogen (secondary N) is 1. The minimum atomic E-state index is -3.42. The Morgan fingerprint density at radius 1 is 1.16 bits per heavy atom. The average molecular weight is 299 g/mol. The van der Waals surface area contributed by atoms with Crippen LogP contribution in [0.4, 0.5) is 4.39 Å². The molecule has 0 spiro atoms. The Bertz CT molecular complexity index is 648. The molecule has 19 heavy (non-hydrogen) atoms. The van der Waals surface area contributed by atoms with Crippen LogP contribution in [0.5, 0.6) is 0 Å². The van der Waals surface area contributed by atoms with Crippen molar-refractivity contribution in [2.45, 2.75) is 17.6 Å². The molecule has 0 aliphatic heterocycles. The standard InChI is InChI=1S/C13H14FNO2S2/c1-10-2-7-13(18-10)19(16,17)15-9-8-11-3-5-12(14)6-4-11/h2-7,15H,8-9H2,1H3. The SMILES string of the molecule is Cc1ccc(S(=O)(=O)NCCc2ccc(F)cc2)s1. The maximum Gasteiger partial charge on any atom is 0.250 e. The van der Waals surface area contributed by atoms with Crippen LogP contribution in [0.3, 0.4) is 0 Å². The molecule has 0 atom stereocenters. The highest BCUT2D eigenvalue weighted by molar-refractivity contribution is 7.91. The predicted octanol–water partition coefficient (Wildman–Crippen LogP) is 2.72. The summed E-state index contributed by atoms with van der Waals surface area (Å²) in [6.45, 7) is 2.16. The van der Waals surface area contributed by atoms with E-state index < -0.39 is 10.0 Å². The van der Waals surface area contributed by atoms with E-state index >= 15 is 0 Å². The van der Waals surface area contributed by atoms with Crippen molar-refractivity contribution in [1.29, 1.82) is 0 Å². The molecular weight excluding hydrogens is 285 g/mol. The van der Waals surface area contributed by atoms with E-state index in [0.717, 1.165) is 10.4 Å². The Balaban J connectivity index is 1.93. The van der Waals surface area contributed by atoms with Crippen molar-refractivity contribution in [2.24, 2.45) is 0 Å². The molecule has 102 valence electrons. The third-order valence-corrected chi connectivity index (χ3v) is 5.55. The molecule has 0 bridgehead atoms. The second kappa shape index (κ2) is 5.81. The molecule has 0 radical (unpaired) electrons. The average Bonchev–Trinajstić information content (AvgIpc) is 2.79. The van der Waals surface area contributed by atoms with Gasteiger partial charge in [0.2, 0.25) is 10.0 Å². The number of hydrogen-bond acceptors (Lipinski definition) is 3. The monoisotopic (exact) mass is 299 g/mol. The van der Waals surface area contributed by atoms with Gasteiger partial charge in [0.05, 0.1) is 0 Å². The lowest BCUT2D eigenvalue weighted by Crippen LogP contribution is -2.25. The number of thiophene rings is 1. The summed E-state index contributed by atoms with van der Waals surface area (Å²) in [4.78, 5) is 0.957. The number of rotatable bonds is 5. The molecule has 1 aromatic carbocycles. The van der Waals surface area contributed by atoms with Crippen molar-refractivity contribution in [3.63, 3.8) is 0 Å². The summed E-state index contributed by atoms with van der Waals surface area (Å²) in [7, 11) is -3.42. The van der Waals surface area contributed by atoms with Crippen LogP contribution in [0.1, 0.15) is 10.4 Å². The fraction of sp³-hybridized carbons (Fsp3) is 0.231. The first-order valence-corrected chi connectivity index (χ1v) is 8.08. The predicted molar refractivity (Wildman–Crippen MR) is 74.3 cm³/mol. The van der Waals surface area contributed by atoms with Gasteiger partial charge in [-0.15, -0.1) is 11.3 Å². The lowest BCUT2D eigenvalue weighted by Gasteiger charge is -2.04. The van der Waals surface area contributed by atoms with Crippen LogP contribution in [0.15, 0.2) is 40.6 Å². The Morgan fingerprint density at radius 3 is 2.42 bits per heavy atom. The van der Waals surface area contributed by atoms with Crippen molar-refractivity contribution in [1.82, 2.24) is 4.72 Å².